The minimum Gasteiger partial charge on any atom is -0.497 e. The van der Waals surface area contributed by atoms with Gasteiger partial charge in [-0.2, -0.15) is 0 Å². The van der Waals surface area contributed by atoms with Gasteiger partial charge in [-0.25, -0.2) is 0 Å². The molecule has 6 nitrogen and oxygen atoms in total. The number of hydrogen-bond donors (Lipinski definition) is 0. The van der Waals surface area contributed by atoms with Gasteiger partial charge in [-0.15, -0.1) is 0 Å². The summed E-state index contributed by atoms with van der Waals surface area (Å²) in [4.78, 5) is 30.4. The number of nitrogens with zero attached hydrogens (tertiary/aromatic N) is 3. The van der Waals surface area contributed by atoms with E-state index >= 15 is 0 Å². The van der Waals surface area contributed by atoms with Crippen molar-refractivity contribution in [2.45, 2.75) is 19.4 Å². The number of hydrogen-bond acceptors (Lipinski definition) is 4. The lowest BCUT2D eigenvalue weighted by atomic mass is 10.1. The Hall–Kier alpha value is -3.28. The number of para-hydroxylation sites is 1. The first-order chi connectivity index (χ1) is 14.6. The number of carbonyl (C=O) groups excluding carboxylic acids is 1. The van der Waals surface area contributed by atoms with Gasteiger partial charge in [0.15, 0.2) is 0 Å². The zero-order valence-corrected chi connectivity index (χ0v) is 17.3. The van der Waals surface area contributed by atoms with Crippen molar-refractivity contribution in [2.24, 2.45) is 0 Å². The zero-order chi connectivity index (χ0) is 20.8. The van der Waals surface area contributed by atoms with E-state index in [2.05, 4.69) is 22.5 Å². The van der Waals surface area contributed by atoms with Gasteiger partial charge in [0, 0.05) is 49.5 Å². The summed E-state index contributed by atoms with van der Waals surface area (Å²) in [6.45, 7) is 4.79. The summed E-state index contributed by atoms with van der Waals surface area (Å²) >= 11 is 0. The average molecular weight is 403 g/mol. The molecule has 1 fully saturated rings. The maximum Gasteiger partial charge on any atom is 0.259 e. The van der Waals surface area contributed by atoms with Crippen LogP contribution in [0, 0.1) is 0 Å². The molecule has 0 saturated carbocycles. The molecule has 6 heteroatoms. The molecule has 3 heterocycles. The Morgan fingerprint density at radius 2 is 1.77 bits per heavy atom. The van der Waals surface area contributed by atoms with Crippen molar-refractivity contribution in [3.05, 3.63) is 70.0 Å². The number of methoxy groups -OCH3 is 1. The highest BCUT2D eigenvalue weighted by Crippen LogP contribution is 2.31. The van der Waals surface area contributed by atoms with Gasteiger partial charge in [0.25, 0.3) is 5.91 Å². The smallest absolute Gasteiger partial charge is 0.259 e. The van der Waals surface area contributed by atoms with Crippen LogP contribution in [-0.4, -0.2) is 48.7 Å². The van der Waals surface area contributed by atoms with Gasteiger partial charge in [-0.1, -0.05) is 12.1 Å². The average Bonchev–Trinajstić information content (AvgIpc) is 3.11. The summed E-state index contributed by atoms with van der Waals surface area (Å²) in [5, 5.41) is 0.652. The van der Waals surface area contributed by atoms with E-state index in [9.17, 15) is 9.59 Å². The van der Waals surface area contributed by atoms with Crippen LogP contribution in [0.1, 0.15) is 28.9 Å². The van der Waals surface area contributed by atoms with Crippen molar-refractivity contribution in [1.82, 2.24) is 9.47 Å². The quantitative estimate of drug-likeness (QED) is 0.674. The molecule has 2 aliphatic heterocycles. The summed E-state index contributed by atoms with van der Waals surface area (Å²) in [7, 11) is 1.66. The molecule has 1 saturated heterocycles. The van der Waals surface area contributed by atoms with Gasteiger partial charge >= 0.3 is 0 Å². The SMILES string of the molecule is COc1ccc(N2CCN(C(=O)c3cn4c5c(cccc5c3=O)C[C@@H]4C)CC2)cc1. The van der Waals surface area contributed by atoms with E-state index in [1.807, 2.05) is 36.4 Å². The molecule has 3 aromatic rings. The molecule has 0 aliphatic carbocycles. The van der Waals surface area contributed by atoms with Crippen LogP contribution in [-0.2, 0) is 6.42 Å². The third kappa shape index (κ3) is 2.95. The third-order valence-electron chi connectivity index (χ3n) is 6.36. The van der Waals surface area contributed by atoms with E-state index < -0.39 is 0 Å². The largest absolute Gasteiger partial charge is 0.497 e. The second kappa shape index (κ2) is 7.20. The summed E-state index contributed by atoms with van der Waals surface area (Å²) < 4.78 is 7.33. The predicted octanol–water partition coefficient (Wildman–Crippen LogP) is 3.09. The van der Waals surface area contributed by atoms with Crippen LogP contribution < -0.4 is 15.1 Å². The van der Waals surface area contributed by atoms with E-state index in [4.69, 9.17) is 4.74 Å². The maximum atomic E-state index is 13.3. The topological polar surface area (TPSA) is 54.8 Å². The van der Waals surface area contributed by atoms with E-state index in [0.717, 1.165) is 36.5 Å². The number of ether oxygens (including phenoxy) is 1. The van der Waals surface area contributed by atoms with Gasteiger partial charge in [0.1, 0.15) is 11.3 Å². The van der Waals surface area contributed by atoms with E-state index in [0.29, 0.717) is 18.5 Å². The lowest BCUT2D eigenvalue weighted by molar-refractivity contribution is 0.0745. The molecule has 1 amide bonds. The van der Waals surface area contributed by atoms with Crippen molar-refractivity contribution in [3.8, 4) is 5.75 Å². The second-order valence-corrected chi connectivity index (χ2v) is 8.12. The predicted molar refractivity (Wildman–Crippen MR) is 118 cm³/mol. The van der Waals surface area contributed by atoms with Crippen LogP contribution in [0.15, 0.2) is 53.5 Å². The van der Waals surface area contributed by atoms with Crippen LogP contribution in [0.2, 0.25) is 0 Å². The maximum absolute atomic E-state index is 13.3. The Kier molecular flexibility index (Phi) is 4.50. The van der Waals surface area contributed by atoms with Crippen molar-refractivity contribution in [2.75, 3.05) is 38.2 Å². The number of amides is 1. The lowest BCUT2D eigenvalue weighted by Gasteiger charge is -2.36. The first-order valence-corrected chi connectivity index (χ1v) is 10.4. The van der Waals surface area contributed by atoms with Gasteiger partial charge < -0.3 is 19.1 Å². The zero-order valence-electron chi connectivity index (χ0n) is 17.3. The van der Waals surface area contributed by atoms with Crippen LogP contribution in [0.25, 0.3) is 10.9 Å². The number of benzene rings is 2. The fourth-order valence-electron chi connectivity index (χ4n) is 4.70. The Morgan fingerprint density at radius 3 is 2.47 bits per heavy atom. The fourth-order valence-corrected chi connectivity index (χ4v) is 4.70. The van der Waals surface area contributed by atoms with Crippen molar-refractivity contribution >= 4 is 22.5 Å². The standard InChI is InChI=1S/C24H25N3O3/c1-16-14-17-4-3-5-20-22(17)27(16)15-21(23(20)28)24(29)26-12-10-25(11-13-26)18-6-8-19(30-2)9-7-18/h3-9,15-16H,10-14H2,1-2H3/t16-/m0/s1. The Bertz CT molecular complexity index is 1170. The van der Waals surface area contributed by atoms with Crippen LogP contribution in [0.4, 0.5) is 5.69 Å². The normalized spacial score (nSPS) is 18.1. The Morgan fingerprint density at radius 1 is 1.03 bits per heavy atom. The molecule has 0 N–H and O–H groups in total. The lowest BCUT2D eigenvalue weighted by Crippen LogP contribution is -2.49. The highest BCUT2D eigenvalue weighted by atomic mass is 16.5. The van der Waals surface area contributed by atoms with Crippen LogP contribution in [0.5, 0.6) is 5.75 Å². The van der Waals surface area contributed by atoms with Crippen LogP contribution >= 0.6 is 0 Å². The summed E-state index contributed by atoms with van der Waals surface area (Å²) in [5.74, 6) is 0.666. The molecule has 2 aromatic carbocycles. The van der Waals surface area contributed by atoms with Gasteiger partial charge in [-0.05, 0) is 49.2 Å². The minimum atomic E-state index is -0.162. The number of pyridine rings is 1. The molecule has 0 radical (unpaired) electrons. The molecule has 30 heavy (non-hydrogen) atoms. The number of anilines is 1. The van der Waals surface area contributed by atoms with Crippen molar-refractivity contribution < 1.29 is 9.53 Å². The molecule has 0 bridgehead atoms. The monoisotopic (exact) mass is 403 g/mol. The molecule has 2 aliphatic rings. The van der Waals surface area contributed by atoms with E-state index in [-0.39, 0.29) is 22.9 Å². The highest BCUT2D eigenvalue weighted by molar-refractivity contribution is 5.98. The third-order valence-corrected chi connectivity index (χ3v) is 6.36. The van der Waals surface area contributed by atoms with E-state index in [1.165, 1.54) is 5.56 Å². The second-order valence-electron chi connectivity index (χ2n) is 8.12. The molecular weight excluding hydrogens is 378 g/mol. The molecular formula is C24H25N3O3. The Labute approximate surface area is 175 Å². The minimum absolute atomic E-state index is 0.153. The Balaban J connectivity index is 1.38. The van der Waals surface area contributed by atoms with Gasteiger partial charge in [0.05, 0.1) is 12.6 Å². The van der Waals surface area contributed by atoms with Crippen LogP contribution in [0.3, 0.4) is 0 Å². The van der Waals surface area contributed by atoms with Gasteiger partial charge in [0.2, 0.25) is 5.43 Å². The first kappa shape index (κ1) is 18.7. The first-order valence-electron chi connectivity index (χ1n) is 10.4. The van der Waals surface area contributed by atoms with E-state index in [1.54, 1.807) is 18.2 Å². The number of rotatable bonds is 3. The van der Waals surface area contributed by atoms with Crippen molar-refractivity contribution in [1.29, 1.82) is 0 Å². The summed E-state index contributed by atoms with van der Waals surface area (Å²) in [6.07, 6.45) is 2.68. The molecule has 0 spiro atoms. The molecule has 154 valence electrons. The number of carbonyl (C=O) groups is 1. The molecule has 0 unspecified atom stereocenters. The molecule has 5 rings (SSSR count). The van der Waals surface area contributed by atoms with Gasteiger partial charge in [-0.3, -0.25) is 9.59 Å². The highest BCUT2D eigenvalue weighted by Gasteiger charge is 2.28. The fraction of sp³-hybridized carbons (Fsp3) is 0.333. The van der Waals surface area contributed by atoms with Crippen molar-refractivity contribution in [3.63, 3.8) is 0 Å². The molecule has 1 aromatic heterocycles. The summed E-state index contributed by atoms with van der Waals surface area (Å²) in [5.41, 5.74) is 3.41. The number of aromatic nitrogens is 1. The molecule has 1 atom stereocenters. The number of piperazine rings is 1. The summed E-state index contributed by atoms with van der Waals surface area (Å²) in [6, 6.07) is 14.0.